The van der Waals surface area contributed by atoms with Crippen molar-refractivity contribution in [2.45, 2.75) is 19.8 Å². The smallest absolute Gasteiger partial charge is 0.251 e. The molecule has 1 amide bonds. The maximum Gasteiger partial charge on any atom is 0.251 e. The molecule has 0 spiro atoms. The Morgan fingerprint density at radius 1 is 1.09 bits per heavy atom. The van der Waals surface area contributed by atoms with Gasteiger partial charge in [0.15, 0.2) is 5.96 Å². The van der Waals surface area contributed by atoms with Crippen LogP contribution in [0.5, 0.6) is 0 Å². The Morgan fingerprint density at radius 3 is 2.41 bits per heavy atom. The normalized spacial score (nSPS) is 11.2. The minimum Gasteiger partial charge on any atom is -0.356 e. The molecule has 0 atom stereocenters. The number of unbranched alkanes of at least 4 members (excludes halogenated alkanes) is 1. The molecule has 0 saturated carbocycles. The number of halogens is 2. The molecular weight excluding hydrogens is 323 g/mol. The lowest BCUT2D eigenvalue weighted by Crippen LogP contribution is -2.41. The molecule has 1 aromatic rings. The summed E-state index contributed by atoms with van der Waals surface area (Å²) in [5.41, 5.74) is 0.486. The molecule has 3 N–H and O–H groups in total. The van der Waals surface area contributed by atoms with Crippen molar-refractivity contribution in [2.24, 2.45) is 4.99 Å². The van der Waals surface area contributed by atoms with Gasteiger partial charge in [0.1, 0.15) is 0 Å². The number of carbonyl (C=O) groups is 1. The Morgan fingerprint density at radius 2 is 1.77 bits per heavy atom. The first-order valence-corrected chi connectivity index (χ1v) is 8.01. The van der Waals surface area contributed by atoms with E-state index in [1.54, 1.807) is 25.2 Å². The fraction of sp³-hybridized carbons (Fsp3) is 0.467. The summed E-state index contributed by atoms with van der Waals surface area (Å²) in [5.74, 6) is 0.548. The summed E-state index contributed by atoms with van der Waals surface area (Å²) < 4.78 is 0. The molecule has 22 heavy (non-hydrogen) atoms. The molecule has 1 rings (SSSR count). The number of rotatable bonds is 7. The van der Waals surface area contributed by atoms with Crippen molar-refractivity contribution >= 4 is 35.1 Å². The fourth-order valence-electron chi connectivity index (χ4n) is 1.70. The van der Waals surface area contributed by atoms with E-state index in [2.05, 4.69) is 27.9 Å². The van der Waals surface area contributed by atoms with Gasteiger partial charge in [-0.25, -0.2) is 0 Å². The van der Waals surface area contributed by atoms with Crippen LogP contribution in [0.25, 0.3) is 0 Å². The number of hydrogen-bond acceptors (Lipinski definition) is 2. The van der Waals surface area contributed by atoms with E-state index in [4.69, 9.17) is 23.2 Å². The standard InChI is InChI=1S/C15H22Cl2N4O/c1-3-4-7-20-15(18-2)21-9-8-19-14(22)11-5-6-12(16)13(17)10-11/h5-6,10H,3-4,7-9H2,1-2H3,(H,19,22)(H2,18,20,21). The first-order valence-electron chi connectivity index (χ1n) is 7.26. The van der Waals surface area contributed by atoms with E-state index >= 15 is 0 Å². The third kappa shape index (κ3) is 6.54. The molecule has 0 radical (unpaired) electrons. The lowest BCUT2D eigenvalue weighted by molar-refractivity contribution is 0.0954. The highest BCUT2D eigenvalue weighted by molar-refractivity contribution is 6.42. The van der Waals surface area contributed by atoms with Crippen LogP contribution >= 0.6 is 23.2 Å². The summed E-state index contributed by atoms with van der Waals surface area (Å²) in [4.78, 5) is 16.1. The van der Waals surface area contributed by atoms with Gasteiger partial charge in [-0.15, -0.1) is 0 Å². The van der Waals surface area contributed by atoms with E-state index in [0.717, 1.165) is 25.3 Å². The van der Waals surface area contributed by atoms with Crippen molar-refractivity contribution in [2.75, 3.05) is 26.7 Å². The van der Waals surface area contributed by atoms with E-state index < -0.39 is 0 Å². The van der Waals surface area contributed by atoms with Crippen molar-refractivity contribution in [3.63, 3.8) is 0 Å². The zero-order chi connectivity index (χ0) is 16.4. The third-order valence-corrected chi connectivity index (χ3v) is 3.67. The number of nitrogens with zero attached hydrogens (tertiary/aromatic N) is 1. The Hall–Kier alpha value is -1.46. The second-order valence-corrected chi connectivity index (χ2v) is 5.48. The van der Waals surface area contributed by atoms with E-state index in [9.17, 15) is 4.79 Å². The van der Waals surface area contributed by atoms with E-state index in [1.165, 1.54) is 0 Å². The number of hydrogen-bond donors (Lipinski definition) is 3. The van der Waals surface area contributed by atoms with Crippen molar-refractivity contribution in [1.82, 2.24) is 16.0 Å². The second-order valence-electron chi connectivity index (χ2n) is 4.66. The van der Waals surface area contributed by atoms with Crippen LogP contribution in [0.3, 0.4) is 0 Å². The summed E-state index contributed by atoms with van der Waals surface area (Å²) in [6.07, 6.45) is 2.22. The minimum atomic E-state index is -0.186. The Bertz CT molecular complexity index is 520. The molecule has 0 aliphatic rings. The summed E-state index contributed by atoms with van der Waals surface area (Å²) in [6.45, 7) is 4.08. The van der Waals surface area contributed by atoms with Gasteiger partial charge in [0.25, 0.3) is 5.91 Å². The zero-order valence-electron chi connectivity index (χ0n) is 12.9. The van der Waals surface area contributed by atoms with Gasteiger partial charge in [-0.2, -0.15) is 0 Å². The van der Waals surface area contributed by atoms with Crippen molar-refractivity contribution < 1.29 is 4.79 Å². The van der Waals surface area contributed by atoms with Crippen molar-refractivity contribution in [3.8, 4) is 0 Å². The van der Waals surface area contributed by atoms with Crippen LogP contribution in [-0.4, -0.2) is 38.5 Å². The second kappa shape index (κ2) is 10.3. The van der Waals surface area contributed by atoms with Gasteiger partial charge in [0, 0.05) is 32.2 Å². The molecule has 0 aliphatic carbocycles. The van der Waals surface area contributed by atoms with Gasteiger partial charge in [-0.1, -0.05) is 36.5 Å². The van der Waals surface area contributed by atoms with Crippen LogP contribution < -0.4 is 16.0 Å². The topological polar surface area (TPSA) is 65.5 Å². The van der Waals surface area contributed by atoms with Gasteiger partial charge in [0.05, 0.1) is 10.0 Å². The fourth-order valence-corrected chi connectivity index (χ4v) is 2.00. The molecule has 0 aliphatic heterocycles. The van der Waals surface area contributed by atoms with Crippen LogP contribution in [0.15, 0.2) is 23.2 Å². The first kappa shape index (κ1) is 18.6. The van der Waals surface area contributed by atoms with E-state index in [0.29, 0.717) is 28.7 Å². The molecule has 0 heterocycles. The third-order valence-electron chi connectivity index (χ3n) is 2.93. The number of nitrogens with one attached hydrogen (secondary N) is 3. The molecule has 0 unspecified atom stereocenters. The monoisotopic (exact) mass is 344 g/mol. The number of aliphatic imine (C=N–C) groups is 1. The molecule has 0 aromatic heterocycles. The quantitative estimate of drug-likeness (QED) is 0.404. The van der Waals surface area contributed by atoms with Crippen LogP contribution in [0.4, 0.5) is 0 Å². The highest BCUT2D eigenvalue weighted by atomic mass is 35.5. The van der Waals surface area contributed by atoms with Crippen LogP contribution in [0.1, 0.15) is 30.1 Å². The van der Waals surface area contributed by atoms with Gasteiger partial charge >= 0.3 is 0 Å². The lowest BCUT2D eigenvalue weighted by atomic mass is 10.2. The predicted molar refractivity (Wildman–Crippen MR) is 93.1 cm³/mol. The lowest BCUT2D eigenvalue weighted by Gasteiger charge is -2.12. The SMILES string of the molecule is CCCCNC(=NC)NCCNC(=O)c1ccc(Cl)c(Cl)c1. The van der Waals surface area contributed by atoms with Gasteiger partial charge < -0.3 is 16.0 Å². The Balaban J connectivity index is 2.31. The van der Waals surface area contributed by atoms with Gasteiger partial charge in [-0.3, -0.25) is 9.79 Å². The van der Waals surface area contributed by atoms with E-state index in [1.807, 2.05) is 0 Å². The number of guanidine groups is 1. The average molecular weight is 345 g/mol. The average Bonchev–Trinajstić information content (AvgIpc) is 2.52. The Kier molecular flexibility index (Phi) is 8.70. The maximum atomic E-state index is 11.9. The molecule has 122 valence electrons. The predicted octanol–water partition coefficient (Wildman–Crippen LogP) is 2.69. The summed E-state index contributed by atoms with van der Waals surface area (Å²) >= 11 is 11.7. The molecular formula is C15H22Cl2N4O. The largest absolute Gasteiger partial charge is 0.356 e. The van der Waals surface area contributed by atoms with Crippen molar-refractivity contribution in [3.05, 3.63) is 33.8 Å². The molecule has 0 bridgehead atoms. The molecule has 0 fully saturated rings. The molecule has 5 nitrogen and oxygen atoms in total. The summed E-state index contributed by atoms with van der Waals surface area (Å²) in [7, 11) is 1.72. The minimum absolute atomic E-state index is 0.186. The Labute approximate surface area is 141 Å². The number of carbonyl (C=O) groups excluding carboxylic acids is 1. The zero-order valence-corrected chi connectivity index (χ0v) is 14.4. The number of amides is 1. The van der Waals surface area contributed by atoms with E-state index in [-0.39, 0.29) is 5.91 Å². The van der Waals surface area contributed by atoms with Crippen LogP contribution in [0, 0.1) is 0 Å². The summed E-state index contributed by atoms with van der Waals surface area (Å²) in [6, 6.07) is 4.80. The highest BCUT2D eigenvalue weighted by Crippen LogP contribution is 2.22. The maximum absolute atomic E-state index is 11.9. The highest BCUT2D eigenvalue weighted by Gasteiger charge is 2.07. The van der Waals surface area contributed by atoms with Gasteiger partial charge in [0.2, 0.25) is 0 Å². The van der Waals surface area contributed by atoms with Gasteiger partial charge in [-0.05, 0) is 24.6 Å². The molecule has 0 saturated heterocycles. The van der Waals surface area contributed by atoms with Crippen molar-refractivity contribution in [1.29, 1.82) is 0 Å². The van der Waals surface area contributed by atoms with Crippen LogP contribution in [-0.2, 0) is 0 Å². The summed E-state index contributed by atoms with van der Waals surface area (Å²) in [5, 5.41) is 9.94. The van der Waals surface area contributed by atoms with Crippen LogP contribution in [0.2, 0.25) is 10.0 Å². The molecule has 7 heteroatoms. The molecule has 1 aromatic carbocycles. The number of benzene rings is 1. The first-order chi connectivity index (χ1) is 10.6.